The van der Waals surface area contributed by atoms with Crippen LogP contribution in [-0.2, 0) is 9.47 Å². The number of ether oxygens (including phenoxy) is 2. The number of imide groups is 1. The third kappa shape index (κ3) is 3.82. The van der Waals surface area contributed by atoms with Crippen molar-refractivity contribution in [3.63, 3.8) is 0 Å². The number of nitrogens with zero attached hydrogens (tertiary/aromatic N) is 1. The monoisotopic (exact) mass is 346 g/mol. The Kier molecular flexibility index (Phi) is 5.33. The second-order valence-corrected chi connectivity index (χ2v) is 6.23. The van der Waals surface area contributed by atoms with Gasteiger partial charge in [0.15, 0.2) is 0 Å². The first-order valence-corrected chi connectivity index (χ1v) is 8.55. The maximum atomic E-state index is 12.3. The van der Waals surface area contributed by atoms with E-state index >= 15 is 0 Å². The van der Waals surface area contributed by atoms with Crippen molar-refractivity contribution in [2.45, 2.75) is 37.9 Å². The molecule has 0 spiro atoms. The first kappa shape index (κ1) is 17.4. The van der Waals surface area contributed by atoms with Crippen molar-refractivity contribution in [1.82, 2.24) is 10.2 Å². The van der Waals surface area contributed by atoms with Gasteiger partial charge in [-0.3, -0.25) is 14.5 Å². The molecule has 134 valence electrons. The number of benzene rings is 1. The van der Waals surface area contributed by atoms with Gasteiger partial charge in [-0.05, 0) is 37.8 Å². The number of carbonyl (C=O) groups is 3. The highest BCUT2D eigenvalue weighted by molar-refractivity contribution is 6.21. The minimum atomic E-state index is -0.407. The third-order valence-corrected chi connectivity index (χ3v) is 4.65. The Bertz CT molecular complexity index is 632. The molecule has 1 aromatic rings. The Morgan fingerprint density at radius 1 is 1.08 bits per heavy atom. The molecule has 1 fully saturated rings. The van der Waals surface area contributed by atoms with Gasteiger partial charge in [-0.1, -0.05) is 12.1 Å². The molecular weight excluding hydrogens is 324 g/mol. The van der Waals surface area contributed by atoms with E-state index in [-0.39, 0.29) is 30.6 Å². The van der Waals surface area contributed by atoms with Crippen molar-refractivity contribution in [3.8, 4) is 0 Å². The number of fused-ring (bicyclic) bond motifs is 1. The van der Waals surface area contributed by atoms with Crippen molar-refractivity contribution in [2.75, 3.05) is 20.2 Å². The highest BCUT2D eigenvalue weighted by atomic mass is 16.6. The van der Waals surface area contributed by atoms with Gasteiger partial charge in [-0.15, -0.1) is 0 Å². The van der Waals surface area contributed by atoms with Gasteiger partial charge in [0.05, 0.1) is 30.4 Å². The van der Waals surface area contributed by atoms with Crippen LogP contribution >= 0.6 is 0 Å². The number of hydrogen-bond donors (Lipinski definition) is 1. The van der Waals surface area contributed by atoms with Gasteiger partial charge in [0.25, 0.3) is 11.8 Å². The molecule has 0 unspecified atom stereocenters. The summed E-state index contributed by atoms with van der Waals surface area (Å²) < 4.78 is 11.1. The largest absolute Gasteiger partial charge is 0.446 e. The van der Waals surface area contributed by atoms with E-state index in [0.29, 0.717) is 17.7 Å². The van der Waals surface area contributed by atoms with Crippen LogP contribution in [0.15, 0.2) is 24.3 Å². The van der Waals surface area contributed by atoms with Crippen LogP contribution in [0.2, 0.25) is 0 Å². The van der Waals surface area contributed by atoms with Crippen molar-refractivity contribution < 1.29 is 23.9 Å². The normalized spacial score (nSPS) is 22.7. The van der Waals surface area contributed by atoms with Crippen molar-refractivity contribution in [2.24, 2.45) is 0 Å². The minimum absolute atomic E-state index is 0.0692. The van der Waals surface area contributed by atoms with Gasteiger partial charge >= 0.3 is 6.09 Å². The maximum absolute atomic E-state index is 12.3. The Labute approximate surface area is 146 Å². The molecule has 7 heteroatoms. The van der Waals surface area contributed by atoms with Crippen LogP contribution in [0, 0.1) is 0 Å². The number of alkyl carbamates (subject to hydrolysis) is 1. The molecule has 1 saturated carbocycles. The van der Waals surface area contributed by atoms with Crippen LogP contribution < -0.4 is 5.32 Å². The summed E-state index contributed by atoms with van der Waals surface area (Å²) in [5.41, 5.74) is 0.915. The first-order chi connectivity index (χ1) is 12.1. The zero-order valence-corrected chi connectivity index (χ0v) is 14.2. The summed E-state index contributed by atoms with van der Waals surface area (Å²) in [6.45, 7) is 0.568. The van der Waals surface area contributed by atoms with Gasteiger partial charge in [0, 0.05) is 7.05 Å². The highest BCUT2D eigenvalue weighted by Gasteiger charge is 2.35. The first-order valence-electron chi connectivity index (χ1n) is 8.55. The average molecular weight is 346 g/mol. The summed E-state index contributed by atoms with van der Waals surface area (Å²) in [5, 5.41) is 2.44. The molecule has 1 N–H and O–H groups in total. The molecule has 25 heavy (non-hydrogen) atoms. The Morgan fingerprint density at radius 2 is 1.64 bits per heavy atom. The average Bonchev–Trinajstić information content (AvgIpc) is 2.88. The molecule has 0 bridgehead atoms. The van der Waals surface area contributed by atoms with Crippen molar-refractivity contribution >= 4 is 17.9 Å². The fourth-order valence-electron chi connectivity index (χ4n) is 3.28. The van der Waals surface area contributed by atoms with Crippen LogP contribution in [0.25, 0.3) is 0 Å². The number of rotatable bonds is 5. The molecule has 2 aliphatic rings. The Balaban J connectivity index is 1.42. The summed E-state index contributed by atoms with van der Waals surface area (Å²) in [5.74, 6) is -0.515. The zero-order chi connectivity index (χ0) is 17.8. The topological polar surface area (TPSA) is 84.9 Å². The van der Waals surface area contributed by atoms with Crippen LogP contribution in [0.5, 0.6) is 0 Å². The van der Waals surface area contributed by atoms with E-state index in [4.69, 9.17) is 9.47 Å². The van der Waals surface area contributed by atoms with Crippen LogP contribution in [0.3, 0.4) is 0 Å². The van der Waals surface area contributed by atoms with Crippen LogP contribution in [-0.4, -0.2) is 55.2 Å². The predicted molar refractivity (Wildman–Crippen MR) is 89.3 cm³/mol. The van der Waals surface area contributed by atoms with Crippen LogP contribution in [0.4, 0.5) is 4.79 Å². The van der Waals surface area contributed by atoms with E-state index in [9.17, 15) is 14.4 Å². The molecular formula is C18H22N2O5. The van der Waals surface area contributed by atoms with Crippen molar-refractivity contribution in [3.05, 3.63) is 35.4 Å². The molecule has 1 aliphatic carbocycles. The van der Waals surface area contributed by atoms with Crippen LogP contribution in [0.1, 0.15) is 46.4 Å². The predicted octanol–water partition coefficient (Wildman–Crippen LogP) is 1.97. The lowest BCUT2D eigenvalue weighted by Gasteiger charge is -2.28. The van der Waals surface area contributed by atoms with Gasteiger partial charge in [0.1, 0.15) is 6.10 Å². The molecule has 0 aromatic heterocycles. The van der Waals surface area contributed by atoms with Gasteiger partial charge in [-0.2, -0.15) is 0 Å². The molecule has 0 saturated heterocycles. The molecule has 3 amide bonds. The van der Waals surface area contributed by atoms with E-state index in [2.05, 4.69) is 5.32 Å². The lowest BCUT2D eigenvalue weighted by molar-refractivity contribution is -0.0129. The van der Waals surface area contributed by atoms with E-state index in [0.717, 1.165) is 25.7 Å². The quantitative estimate of drug-likeness (QED) is 0.824. The second kappa shape index (κ2) is 7.65. The fourth-order valence-corrected chi connectivity index (χ4v) is 3.28. The number of carbonyl (C=O) groups excluding carboxylic acids is 3. The lowest BCUT2D eigenvalue weighted by atomic mass is 9.95. The molecule has 3 rings (SSSR count). The molecule has 1 heterocycles. The van der Waals surface area contributed by atoms with E-state index in [1.165, 1.54) is 11.9 Å². The molecule has 1 aromatic carbocycles. The van der Waals surface area contributed by atoms with Gasteiger partial charge < -0.3 is 14.8 Å². The molecule has 0 radical (unpaired) electrons. The number of nitrogens with one attached hydrogen (secondary N) is 1. The lowest BCUT2D eigenvalue weighted by Crippen LogP contribution is -2.35. The van der Waals surface area contributed by atoms with Gasteiger partial charge in [-0.25, -0.2) is 4.79 Å². The molecule has 7 nitrogen and oxygen atoms in total. The number of hydrogen-bond acceptors (Lipinski definition) is 5. The summed E-state index contributed by atoms with van der Waals surface area (Å²) in [6.07, 6.45) is 2.69. The SMILES string of the molecule is CNC(=O)OC1CCC(OCCN2C(=O)c3ccccc3C2=O)CC1. The highest BCUT2D eigenvalue weighted by Crippen LogP contribution is 2.25. The standard InChI is InChI=1S/C18H22N2O5/c1-19-18(23)25-13-8-6-12(7-9-13)24-11-10-20-16(21)14-4-2-3-5-15(14)17(20)22/h2-5,12-13H,6-11H2,1H3,(H,19,23). The molecule has 0 atom stereocenters. The van der Waals surface area contributed by atoms with Crippen molar-refractivity contribution in [1.29, 1.82) is 0 Å². The smallest absolute Gasteiger partial charge is 0.407 e. The molecule has 1 aliphatic heterocycles. The summed E-state index contributed by atoms with van der Waals surface area (Å²) >= 11 is 0. The zero-order valence-electron chi connectivity index (χ0n) is 14.2. The van der Waals surface area contributed by atoms with E-state index < -0.39 is 6.09 Å². The van der Waals surface area contributed by atoms with Gasteiger partial charge in [0.2, 0.25) is 0 Å². The maximum Gasteiger partial charge on any atom is 0.407 e. The summed E-state index contributed by atoms with van der Waals surface area (Å²) in [6, 6.07) is 6.85. The van der Waals surface area contributed by atoms with E-state index in [1.54, 1.807) is 24.3 Å². The second-order valence-electron chi connectivity index (χ2n) is 6.23. The third-order valence-electron chi connectivity index (χ3n) is 4.65. The Hall–Kier alpha value is -2.41. The minimum Gasteiger partial charge on any atom is -0.446 e. The summed E-state index contributed by atoms with van der Waals surface area (Å²) in [4.78, 5) is 37.0. The Morgan fingerprint density at radius 3 is 2.20 bits per heavy atom. The van der Waals surface area contributed by atoms with E-state index in [1.807, 2.05) is 0 Å². The number of amides is 3. The summed E-state index contributed by atoms with van der Waals surface area (Å²) in [7, 11) is 1.54. The fraction of sp³-hybridized carbons (Fsp3) is 0.500.